The van der Waals surface area contributed by atoms with Gasteiger partial charge in [-0.05, 0) is 44.2 Å². The number of pyridine rings is 1. The molecule has 3 nitrogen and oxygen atoms in total. The van der Waals surface area contributed by atoms with Gasteiger partial charge in [-0.15, -0.1) is 0 Å². The van der Waals surface area contributed by atoms with E-state index in [9.17, 15) is 9.32 Å². The largest absolute Gasteiger partial charge is 0.383 e. The van der Waals surface area contributed by atoms with Gasteiger partial charge in [0.05, 0.1) is 5.69 Å². The minimum atomic E-state index is -0.866. The van der Waals surface area contributed by atoms with E-state index in [4.69, 9.17) is 0 Å². The lowest BCUT2D eigenvalue weighted by molar-refractivity contribution is 0.00189. The van der Waals surface area contributed by atoms with Crippen LogP contribution in [0.3, 0.4) is 0 Å². The maximum absolute atomic E-state index is 12.2. The van der Waals surface area contributed by atoms with E-state index in [-0.39, 0.29) is 10.5 Å². The summed E-state index contributed by atoms with van der Waals surface area (Å²) in [6, 6.07) is 3.88. The molecule has 0 saturated carbocycles. The maximum atomic E-state index is 12.2. The molecule has 0 spiro atoms. The number of nitrogens with zero attached hydrogens (tertiary/aromatic N) is 1. The smallest absolute Gasteiger partial charge is 0.109 e. The summed E-state index contributed by atoms with van der Waals surface area (Å²) in [6.07, 6.45) is 6.07. The normalized spacial score (nSPS) is 39.6. The fourth-order valence-corrected chi connectivity index (χ4v) is 5.67. The molecule has 2 bridgehead atoms. The average molecular weight is 265 g/mol. The molecule has 2 aliphatic heterocycles. The molecule has 18 heavy (non-hydrogen) atoms. The second-order valence-corrected chi connectivity index (χ2v) is 7.60. The molecule has 0 radical (unpaired) electrons. The molecule has 0 amide bonds. The molecule has 98 valence electrons. The molecule has 4 heteroatoms. The Morgan fingerprint density at radius 1 is 1.39 bits per heavy atom. The zero-order chi connectivity index (χ0) is 12.8. The van der Waals surface area contributed by atoms with Gasteiger partial charge in [0.1, 0.15) is 5.60 Å². The molecule has 2 fully saturated rings. The van der Waals surface area contributed by atoms with E-state index in [1.54, 1.807) is 6.20 Å². The summed E-state index contributed by atoms with van der Waals surface area (Å²) in [5, 5.41) is 11.3. The first-order valence-corrected chi connectivity index (χ1v) is 7.92. The Balaban J connectivity index is 1.97. The zero-order valence-electron chi connectivity index (χ0n) is 10.6. The highest BCUT2D eigenvalue weighted by Crippen LogP contribution is 2.44. The highest BCUT2D eigenvalue weighted by Gasteiger charge is 2.47. The van der Waals surface area contributed by atoms with Crippen LogP contribution < -0.4 is 0 Å². The summed E-state index contributed by atoms with van der Waals surface area (Å²) in [5.41, 5.74) is 0.957. The van der Waals surface area contributed by atoms with Crippen LogP contribution >= 0.6 is 0 Å². The van der Waals surface area contributed by atoms with E-state index >= 15 is 0 Å². The summed E-state index contributed by atoms with van der Waals surface area (Å²) >= 11 is 0. The molecule has 2 atom stereocenters. The highest BCUT2D eigenvalue weighted by molar-refractivity contribution is 7.86. The molecule has 1 aromatic rings. The van der Waals surface area contributed by atoms with Crippen molar-refractivity contribution in [2.45, 2.75) is 55.1 Å². The summed E-state index contributed by atoms with van der Waals surface area (Å²) in [6.45, 7) is 1.99. The lowest BCUT2D eigenvalue weighted by Crippen LogP contribution is -2.48. The maximum Gasteiger partial charge on any atom is 0.109 e. The van der Waals surface area contributed by atoms with Gasteiger partial charge in [-0.3, -0.25) is 9.19 Å². The molecular weight excluding hydrogens is 246 g/mol. The van der Waals surface area contributed by atoms with Crippen LogP contribution in [0.2, 0.25) is 0 Å². The second kappa shape index (κ2) is 4.42. The van der Waals surface area contributed by atoms with Crippen molar-refractivity contribution in [3.05, 3.63) is 29.6 Å². The first kappa shape index (κ1) is 12.3. The molecule has 1 N–H and O–H groups in total. The monoisotopic (exact) mass is 265 g/mol. The number of fused-ring (bicyclic) bond motifs is 2. The molecule has 2 aliphatic rings. The molecule has 2 unspecified atom stereocenters. The fourth-order valence-electron chi connectivity index (χ4n) is 3.45. The van der Waals surface area contributed by atoms with Crippen molar-refractivity contribution >= 4 is 10.8 Å². The fraction of sp³-hybridized carbons (Fsp3) is 0.643. The number of aryl methyl sites for hydroxylation is 1. The SMILES string of the molecule is Cc1cccnc1C1(O)CC2CCCC(C1)S2=O. The predicted octanol–water partition coefficient (Wildman–Crippen LogP) is 2.04. The minimum absolute atomic E-state index is 0.156. The molecule has 3 heterocycles. The highest BCUT2D eigenvalue weighted by atomic mass is 32.2. The standard InChI is InChI=1S/C14H19NO2S/c1-10-4-3-7-15-13(10)14(16)8-11-5-2-6-12(9-14)18(11)17/h3-4,7,11-12,16H,2,5-6,8-9H2,1H3. The van der Waals surface area contributed by atoms with Crippen molar-refractivity contribution in [3.63, 3.8) is 0 Å². The van der Waals surface area contributed by atoms with Crippen molar-refractivity contribution in [1.29, 1.82) is 0 Å². The Hall–Kier alpha value is -0.740. The van der Waals surface area contributed by atoms with E-state index in [0.717, 1.165) is 30.5 Å². The van der Waals surface area contributed by atoms with Crippen LogP contribution in [0, 0.1) is 6.92 Å². The van der Waals surface area contributed by atoms with Crippen LogP contribution in [0.1, 0.15) is 43.4 Å². The third kappa shape index (κ3) is 1.91. The van der Waals surface area contributed by atoms with Gasteiger partial charge in [-0.25, -0.2) is 0 Å². The van der Waals surface area contributed by atoms with Crippen LogP contribution in [0.4, 0.5) is 0 Å². The van der Waals surface area contributed by atoms with E-state index in [1.165, 1.54) is 0 Å². The molecule has 0 aromatic carbocycles. The molecule has 0 aliphatic carbocycles. The average Bonchev–Trinajstić information content (AvgIpc) is 2.32. The second-order valence-electron chi connectivity index (χ2n) is 5.61. The number of hydrogen-bond donors (Lipinski definition) is 1. The summed E-state index contributed by atoms with van der Waals surface area (Å²) < 4.78 is 12.2. The van der Waals surface area contributed by atoms with Crippen LogP contribution in [-0.4, -0.2) is 24.8 Å². The van der Waals surface area contributed by atoms with Crippen LogP contribution in [0.15, 0.2) is 18.3 Å². The Morgan fingerprint density at radius 2 is 2.06 bits per heavy atom. The number of aromatic nitrogens is 1. The first-order valence-electron chi connectivity index (χ1n) is 6.64. The van der Waals surface area contributed by atoms with Crippen molar-refractivity contribution in [2.75, 3.05) is 0 Å². The van der Waals surface area contributed by atoms with E-state index in [1.807, 2.05) is 19.1 Å². The van der Waals surface area contributed by atoms with Crippen molar-refractivity contribution in [3.8, 4) is 0 Å². The Morgan fingerprint density at radius 3 is 2.67 bits per heavy atom. The quantitative estimate of drug-likeness (QED) is 0.845. The summed E-state index contributed by atoms with van der Waals surface area (Å²) in [5.74, 6) is 0. The lowest BCUT2D eigenvalue weighted by atomic mass is 9.81. The Bertz CT molecular complexity index is 472. The molecule has 3 rings (SSSR count). The van der Waals surface area contributed by atoms with Crippen molar-refractivity contribution in [2.24, 2.45) is 0 Å². The Labute approximate surface area is 110 Å². The molecular formula is C14H19NO2S. The van der Waals surface area contributed by atoms with Crippen molar-refractivity contribution < 1.29 is 9.32 Å². The topological polar surface area (TPSA) is 50.2 Å². The number of rotatable bonds is 1. The lowest BCUT2D eigenvalue weighted by Gasteiger charge is -2.43. The van der Waals surface area contributed by atoms with Gasteiger partial charge in [-0.2, -0.15) is 0 Å². The van der Waals surface area contributed by atoms with Gasteiger partial charge in [-0.1, -0.05) is 12.5 Å². The first-order chi connectivity index (χ1) is 8.60. The summed E-state index contributed by atoms with van der Waals surface area (Å²) in [7, 11) is -0.751. The molecule has 1 aromatic heterocycles. The van der Waals surface area contributed by atoms with Crippen LogP contribution in [0.5, 0.6) is 0 Å². The number of hydrogen-bond acceptors (Lipinski definition) is 3. The zero-order valence-corrected chi connectivity index (χ0v) is 11.4. The Kier molecular flexibility index (Phi) is 3.02. The van der Waals surface area contributed by atoms with Gasteiger partial charge in [0.15, 0.2) is 0 Å². The molecule has 2 saturated heterocycles. The van der Waals surface area contributed by atoms with E-state index < -0.39 is 16.4 Å². The van der Waals surface area contributed by atoms with Crippen LogP contribution in [-0.2, 0) is 16.4 Å². The van der Waals surface area contributed by atoms with E-state index in [2.05, 4.69) is 4.98 Å². The third-order valence-corrected chi connectivity index (χ3v) is 6.41. The van der Waals surface area contributed by atoms with Gasteiger partial charge in [0.2, 0.25) is 0 Å². The van der Waals surface area contributed by atoms with Gasteiger partial charge in [0.25, 0.3) is 0 Å². The van der Waals surface area contributed by atoms with Gasteiger partial charge in [0, 0.05) is 27.5 Å². The minimum Gasteiger partial charge on any atom is -0.383 e. The van der Waals surface area contributed by atoms with Crippen molar-refractivity contribution in [1.82, 2.24) is 4.98 Å². The van der Waals surface area contributed by atoms with Gasteiger partial charge < -0.3 is 5.11 Å². The predicted molar refractivity (Wildman–Crippen MR) is 71.7 cm³/mol. The van der Waals surface area contributed by atoms with E-state index in [0.29, 0.717) is 12.8 Å². The van der Waals surface area contributed by atoms with Gasteiger partial charge >= 0.3 is 0 Å². The van der Waals surface area contributed by atoms with Crippen LogP contribution in [0.25, 0.3) is 0 Å². The third-order valence-electron chi connectivity index (χ3n) is 4.29. The number of aliphatic hydroxyl groups is 1. The summed E-state index contributed by atoms with van der Waals surface area (Å²) in [4.78, 5) is 4.38.